The third-order valence-corrected chi connectivity index (χ3v) is 1.58. The second-order valence-electron chi connectivity index (χ2n) is 2.67. The summed E-state index contributed by atoms with van der Waals surface area (Å²) in [5.41, 5.74) is 5.97. The van der Waals surface area contributed by atoms with Crippen molar-refractivity contribution in [2.24, 2.45) is 0 Å². The lowest BCUT2D eigenvalue weighted by Crippen LogP contribution is -2.02. The van der Waals surface area contributed by atoms with E-state index in [2.05, 4.69) is 20.4 Å². The number of hydrogen-bond acceptors (Lipinski definition) is 6. The summed E-state index contributed by atoms with van der Waals surface area (Å²) in [4.78, 5) is 7.94. The van der Waals surface area contributed by atoms with Gasteiger partial charge in [0.05, 0.1) is 30.8 Å². The monoisotopic (exact) mass is 191 g/mol. The minimum atomic E-state index is 0.504. The van der Waals surface area contributed by atoms with Gasteiger partial charge in [0.1, 0.15) is 0 Å². The lowest BCUT2D eigenvalue weighted by molar-refractivity contribution is 0.388. The zero-order valence-electron chi connectivity index (χ0n) is 7.34. The summed E-state index contributed by atoms with van der Waals surface area (Å²) in [6.07, 6.45) is 4.66. The van der Waals surface area contributed by atoms with Crippen molar-refractivity contribution in [1.29, 1.82) is 0 Å². The normalized spacial score (nSPS) is 10.0. The Labute approximate surface area is 80.1 Å². The largest absolute Gasteiger partial charge is 0.396 e. The van der Waals surface area contributed by atoms with Gasteiger partial charge in [-0.1, -0.05) is 5.16 Å². The molecule has 0 unspecified atom stereocenters. The molecule has 2 aromatic heterocycles. The molecule has 6 heteroatoms. The van der Waals surface area contributed by atoms with E-state index in [1.807, 2.05) is 0 Å². The Kier molecular flexibility index (Phi) is 2.26. The maximum atomic E-state index is 5.44. The van der Waals surface area contributed by atoms with Gasteiger partial charge in [0, 0.05) is 6.07 Å². The Morgan fingerprint density at radius 2 is 2.14 bits per heavy atom. The fourth-order valence-corrected chi connectivity index (χ4v) is 0.929. The molecule has 0 aliphatic heterocycles. The number of nitrogens with zero attached hydrogens (tertiary/aromatic N) is 3. The van der Waals surface area contributed by atoms with E-state index < -0.39 is 0 Å². The third-order valence-electron chi connectivity index (χ3n) is 1.58. The van der Waals surface area contributed by atoms with Crippen LogP contribution >= 0.6 is 0 Å². The first-order valence-electron chi connectivity index (χ1n) is 4.05. The highest BCUT2D eigenvalue weighted by Gasteiger charge is 1.98. The van der Waals surface area contributed by atoms with Gasteiger partial charge in [0.15, 0.2) is 5.76 Å². The van der Waals surface area contributed by atoms with Crippen LogP contribution in [0.4, 0.5) is 11.6 Å². The van der Waals surface area contributed by atoms with Crippen molar-refractivity contribution in [3.8, 4) is 0 Å². The van der Waals surface area contributed by atoms with Gasteiger partial charge in [-0.3, -0.25) is 0 Å². The van der Waals surface area contributed by atoms with E-state index in [1.165, 1.54) is 12.4 Å². The average Bonchev–Trinajstić information content (AvgIpc) is 2.70. The second-order valence-corrected chi connectivity index (χ2v) is 2.67. The fourth-order valence-electron chi connectivity index (χ4n) is 0.929. The molecule has 2 rings (SSSR count). The van der Waals surface area contributed by atoms with Crippen molar-refractivity contribution < 1.29 is 4.52 Å². The molecule has 2 heterocycles. The van der Waals surface area contributed by atoms with Crippen LogP contribution in [0.1, 0.15) is 5.76 Å². The smallest absolute Gasteiger partial charge is 0.223 e. The summed E-state index contributed by atoms with van der Waals surface area (Å²) in [5.74, 6) is 1.24. The van der Waals surface area contributed by atoms with Crippen LogP contribution in [0.3, 0.4) is 0 Å². The summed E-state index contributed by atoms with van der Waals surface area (Å²) >= 11 is 0. The van der Waals surface area contributed by atoms with Crippen LogP contribution in [0.25, 0.3) is 0 Å². The van der Waals surface area contributed by atoms with Crippen LogP contribution < -0.4 is 11.1 Å². The number of anilines is 2. The fraction of sp³-hybridized carbons (Fsp3) is 0.125. The van der Waals surface area contributed by atoms with Crippen molar-refractivity contribution in [1.82, 2.24) is 15.1 Å². The van der Waals surface area contributed by atoms with Crippen molar-refractivity contribution in [3.63, 3.8) is 0 Å². The van der Waals surface area contributed by atoms with E-state index in [1.54, 1.807) is 12.3 Å². The Morgan fingerprint density at radius 1 is 1.36 bits per heavy atom. The quantitative estimate of drug-likeness (QED) is 0.740. The topological polar surface area (TPSA) is 89.9 Å². The van der Waals surface area contributed by atoms with Crippen LogP contribution in [-0.4, -0.2) is 15.1 Å². The van der Waals surface area contributed by atoms with Crippen molar-refractivity contribution in [2.45, 2.75) is 6.54 Å². The Balaban J connectivity index is 1.95. The number of nitrogens with two attached hydrogens (primary N) is 1. The Bertz CT molecular complexity index is 383. The lowest BCUT2D eigenvalue weighted by atomic mass is 10.4. The SMILES string of the molecule is Nc1cnc(NCc2ccno2)nc1. The van der Waals surface area contributed by atoms with E-state index in [-0.39, 0.29) is 0 Å². The molecular formula is C8H9N5O. The lowest BCUT2D eigenvalue weighted by Gasteiger charge is -2.00. The summed E-state index contributed by atoms with van der Waals surface area (Å²) in [5, 5.41) is 6.54. The van der Waals surface area contributed by atoms with Crippen LogP contribution in [0.15, 0.2) is 29.2 Å². The predicted octanol–water partition coefficient (Wildman–Crippen LogP) is 0.659. The van der Waals surface area contributed by atoms with Crippen LogP contribution in [0.5, 0.6) is 0 Å². The summed E-state index contributed by atoms with van der Waals surface area (Å²) in [6, 6.07) is 1.77. The summed E-state index contributed by atoms with van der Waals surface area (Å²) in [6.45, 7) is 0.504. The minimum Gasteiger partial charge on any atom is -0.396 e. The molecular weight excluding hydrogens is 182 g/mol. The van der Waals surface area contributed by atoms with Gasteiger partial charge in [-0.05, 0) is 0 Å². The van der Waals surface area contributed by atoms with E-state index >= 15 is 0 Å². The third kappa shape index (κ3) is 1.98. The molecule has 3 N–H and O–H groups in total. The molecule has 0 aromatic carbocycles. The van der Waals surface area contributed by atoms with Gasteiger partial charge in [-0.2, -0.15) is 0 Å². The van der Waals surface area contributed by atoms with Gasteiger partial charge in [0.2, 0.25) is 5.95 Å². The molecule has 0 aliphatic rings. The van der Waals surface area contributed by atoms with Gasteiger partial charge in [-0.15, -0.1) is 0 Å². The molecule has 0 saturated carbocycles. The van der Waals surface area contributed by atoms with Crippen LogP contribution in [-0.2, 0) is 6.54 Å². The molecule has 0 saturated heterocycles. The minimum absolute atomic E-state index is 0.504. The zero-order chi connectivity index (χ0) is 9.80. The number of nitrogens with one attached hydrogen (secondary N) is 1. The number of aromatic nitrogens is 3. The predicted molar refractivity (Wildman–Crippen MR) is 50.3 cm³/mol. The molecule has 0 atom stereocenters. The number of rotatable bonds is 3. The van der Waals surface area contributed by atoms with E-state index in [0.29, 0.717) is 18.2 Å². The van der Waals surface area contributed by atoms with E-state index in [0.717, 1.165) is 5.76 Å². The number of nitrogen functional groups attached to an aromatic ring is 1. The zero-order valence-corrected chi connectivity index (χ0v) is 7.34. The number of hydrogen-bond donors (Lipinski definition) is 2. The first-order valence-corrected chi connectivity index (χ1v) is 4.05. The second kappa shape index (κ2) is 3.73. The molecule has 0 aliphatic carbocycles. The molecule has 0 bridgehead atoms. The van der Waals surface area contributed by atoms with Gasteiger partial charge >= 0.3 is 0 Å². The van der Waals surface area contributed by atoms with Crippen molar-refractivity contribution in [3.05, 3.63) is 30.4 Å². The molecule has 72 valence electrons. The molecule has 0 fully saturated rings. The van der Waals surface area contributed by atoms with E-state index in [4.69, 9.17) is 10.3 Å². The maximum absolute atomic E-state index is 5.44. The maximum Gasteiger partial charge on any atom is 0.223 e. The van der Waals surface area contributed by atoms with E-state index in [9.17, 15) is 0 Å². The van der Waals surface area contributed by atoms with Gasteiger partial charge in [-0.25, -0.2) is 9.97 Å². The van der Waals surface area contributed by atoms with Crippen LogP contribution in [0.2, 0.25) is 0 Å². The highest BCUT2D eigenvalue weighted by Crippen LogP contribution is 2.03. The molecule has 0 radical (unpaired) electrons. The molecule has 0 amide bonds. The van der Waals surface area contributed by atoms with Gasteiger partial charge in [0.25, 0.3) is 0 Å². The molecule has 2 aromatic rings. The van der Waals surface area contributed by atoms with Crippen molar-refractivity contribution >= 4 is 11.6 Å². The summed E-state index contributed by atoms with van der Waals surface area (Å²) in [7, 11) is 0. The standard InChI is InChI=1S/C8H9N5O/c9-6-3-10-8(11-4-6)12-5-7-1-2-13-14-7/h1-4H,5,9H2,(H,10,11,12). The van der Waals surface area contributed by atoms with Gasteiger partial charge < -0.3 is 15.6 Å². The molecule has 0 spiro atoms. The highest BCUT2D eigenvalue weighted by atomic mass is 16.5. The highest BCUT2D eigenvalue weighted by molar-refractivity contribution is 5.35. The first-order chi connectivity index (χ1) is 6.84. The molecule has 6 nitrogen and oxygen atoms in total. The van der Waals surface area contributed by atoms with Crippen LogP contribution in [0, 0.1) is 0 Å². The van der Waals surface area contributed by atoms with Crippen molar-refractivity contribution in [2.75, 3.05) is 11.1 Å². The molecule has 14 heavy (non-hydrogen) atoms. The average molecular weight is 191 g/mol. The summed E-state index contributed by atoms with van der Waals surface area (Å²) < 4.78 is 4.89. The Morgan fingerprint density at radius 3 is 2.79 bits per heavy atom. The first kappa shape index (κ1) is 8.49. The Hall–Kier alpha value is -2.11.